The van der Waals surface area contributed by atoms with E-state index in [9.17, 15) is 0 Å². The number of hydrogen-bond donors (Lipinski definition) is 1. The lowest BCUT2D eigenvalue weighted by atomic mass is 10.3. The van der Waals surface area contributed by atoms with Crippen LogP contribution < -0.4 is 10.2 Å². The zero-order valence-electron chi connectivity index (χ0n) is 10.7. The third-order valence-electron chi connectivity index (χ3n) is 2.49. The van der Waals surface area contributed by atoms with Crippen molar-refractivity contribution in [2.75, 3.05) is 23.8 Å². The first kappa shape index (κ1) is 12.3. The smallest absolute Gasteiger partial charge is 0.224 e. The van der Waals surface area contributed by atoms with Crippen LogP contribution in [0.15, 0.2) is 36.7 Å². The SMILES string of the molecule is CCNc1nccc(N(C)Cc2ccccn2)n1. The lowest BCUT2D eigenvalue weighted by Crippen LogP contribution is -2.19. The van der Waals surface area contributed by atoms with E-state index < -0.39 is 0 Å². The molecule has 18 heavy (non-hydrogen) atoms. The van der Waals surface area contributed by atoms with Gasteiger partial charge in [0.15, 0.2) is 0 Å². The molecule has 2 aromatic rings. The summed E-state index contributed by atoms with van der Waals surface area (Å²) in [5, 5.41) is 3.10. The van der Waals surface area contributed by atoms with Gasteiger partial charge in [-0.2, -0.15) is 4.98 Å². The Kier molecular flexibility index (Phi) is 4.06. The van der Waals surface area contributed by atoms with Crippen molar-refractivity contribution >= 4 is 11.8 Å². The van der Waals surface area contributed by atoms with Crippen LogP contribution in [0.1, 0.15) is 12.6 Å². The van der Waals surface area contributed by atoms with E-state index in [0.29, 0.717) is 5.95 Å². The average molecular weight is 243 g/mol. The second kappa shape index (κ2) is 5.95. The highest BCUT2D eigenvalue weighted by molar-refractivity contribution is 5.41. The van der Waals surface area contributed by atoms with Crippen LogP contribution >= 0.6 is 0 Å². The summed E-state index contributed by atoms with van der Waals surface area (Å²) >= 11 is 0. The molecule has 2 rings (SSSR count). The van der Waals surface area contributed by atoms with Crippen molar-refractivity contribution in [3.63, 3.8) is 0 Å². The Hall–Kier alpha value is -2.17. The zero-order chi connectivity index (χ0) is 12.8. The molecule has 0 saturated heterocycles. The second-order valence-electron chi connectivity index (χ2n) is 3.95. The highest BCUT2D eigenvalue weighted by Crippen LogP contribution is 2.12. The van der Waals surface area contributed by atoms with Gasteiger partial charge in [-0.25, -0.2) is 4.98 Å². The molecule has 2 heterocycles. The van der Waals surface area contributed by atoms with Gasteiger partial charge in [-0.05, 0) is 25.1 Å². The topological polar surface area (TPSA) is 53.9 Å². The van der Waals surface area contributed by atoms with Gasteiger partial charge in [0, 0.05) is 26.0 Å². The minimum absolute atomic E-state index is 0.655. The molecule has 0 spiro atoms. The Morgan fingerprint density at radius 1 is 1.17 bits per heavy atom. The van der Waals surface area contributed by atoms with E-state index in [0.717, 1.165) is 24.6 Å². The average Bonchev–Trinajstić information content (AvgIpc) is 2.40. The van der Waals surface area contributed by atoms with Crippen molar-refractivity contribution in [1.82, 2.24) is 15.0 Å². The standard InChI is InChI=1S/C13H17N5/c1-3-14-13-16-9-7-12(17-13)18(2)10-11-6-4-5-8-15-11/h4-9H,3,10H2,1-2H3,(H,14,16,17). The summed E-state index contributed by atoms with van der Waals surface area (Å²) in [6.07, 6.45) is 3.56. The largest absolute Gasteiger partial charge is 0.354 e. The second-order valence-corrected chi connectivity index (χ2v) is 3.95. The van der Waals surface area contributed by atoms with E-state index in [4.69, 9.17) is 0 Å². The Labute approximate surface area is 107 Å². The molecule has 0 aliphatic carbocycles. The van der Waals surface area contributed by atoms with Gasteiger partial charge < -0.3 is 10.2 Å². The quantitative estimate of drug-likeness (QED) is 0.869. The Balaban J connectivity index is 2.08. The summed E-state index contributed by atoms with van der Waals surface area (Å²) in [6.45, 7) is 3.56. The Bertz CT molecular complexity index is 486. The minimum atomic E-state index is 0.655. The fourth-order valence-corrected chi connectivity index (χ4v) is 1.62. The Morgan fingerprint density at radius 2 is 2.06 bits per heavy atom. The minimum Gasteiger partial charge on any atom is -0.354 e. The number of anilines is 2. The number of nitrogens with zero attached hydrogens (tertiary/aromatic N) is 4. The summed E-state index contributed by atoms with van der Waals surface area (Å²) in [7, 11) is 1.99. The van der Waals surface area contributed by atoms with Crippen molar-refractivity contribution in [3.05, 3.63) is 42.4 Å². The third-order valence-corrected chi connectivity index (χ3v) is 2.49. The third kappa shape index (κ3) is 3.16. The van der Waals surface area contributed by atoms with Crippen LogP contribution in [0, 0.1) is 0 Å². The fraction of sp³-hybridized carbons (Fsp3) is 0.308. The van der Waals surface area contributed by atoms with Gasteiger partial charge in [0.05, 0.1) is 12.2 Å². The predicted octanol–water partition coefficient (Wildman–Crippen LogP) is 1.94. The van der Waals surface area contributed by atoms with Crippen molar-refractivity contribution in [2.24, 2.45) is 0 Å². The summed E-state index contributed by atoms with van der Waals surface area (Å²) in [4.78, 5) is 14.9. The predicted molar refractivity (Wildman–Crippen MR) is 72.5 cm³/mol. The van der Waals surface area contributed by atoms with Crippen LogP contribution in [0.3, 0.4) is 0 Å². The van der Waals surface area contributed by atoms with E-state index in [-0.39, 0.29) is 0 Å². The molecule has 5 heteroatoms. The van der Waals surface area contributed by atoms with Crippen LogP contribution in [-0.4, -0.2) is 28.5 Å². The van der Waals surface area contributed by atoms with Crippen LogP contribution in [0.5, 0.6) is 0 Å². The fourth-order valence-electron chi connectivity index (χ4n) is 1.62. The van der Waals surface area contributed by atoms with E-state index in [2.05, 4.69) is 20.3 Å². The van der Waals surface area contributed by atoms with Crippen molar-refractivity contribution in [1.29, 1.82) is 0 Å². The van der Waals surface area contributed by atoms with Gasteiger partial charge in [-0.1, -0.05) is 6.07 Å². The molecule has 0 amide bonds. The zero-order valence-corrected chi connectivity index (χ0v) is 10.7. The van der Waals surface area contributed by atoms with Crippen LogP contribution in [0.2, 0.25) is 0 Å². The van der Waals surface area contributed by atoms with Crippen molar-refractivity contribution in [3.8, 4) is 0 Å². The van der Waals surface area contributed by atoms with Gasteiger partial charge in [0.2, 0.25) is 5.95 Å². The van der Waals surface area contributed by atoms with Crippen LogP contribution in [0.25, 0.3) is 0 Å². The highest BCUT2D eigenvalue weighted by atomic mass is 15.2. The molecule has 94 valence electrons. The first-order chi connectivity index (χ1) is 8.79. The van der Waals surface area contributed by atoms with Crippen molar-refractivity contribution < 1.29 is 0 Å². The Morgan fingerprint density at radius 3 is 2.78 bits per heavy atom. The lowest BCUT2D eigenvalue weighted by Gasteiger charge is -2.18. The van der Waals surface area contributed by atoms with E-state index in [1.807, 2.05) is 43.1 Å². The number of hydrogen-bond acceptors (Lipinski definition) is 5. The maximum atomic E-state index is 4.43. The molecule has 5 nitrogen and oxygen atoms in total. The molecule has 0 aromatic carbocycles. The highest BCUT2D eigenvalue weighted by Gasteiger charge is 2.05. The summed E-state index contributed by atoms with van der Waals surface area (Å²) in [5.74, 6) is 1.54. The molecule has 0 atom stereocenters. The van der Waals surface area contributed by atoms with Gasteiger partial charge in [-0.15, -0.1) is 0 Å². The van der Waals surface area contributed by atoms with Gasteiger partial charge in [0.25, 0.3) is 0 Å². The van der Waals surface area contributed by atoms with E-state index >= 15 is 0 Å². The monoisotopic (exact) mass is 243 g/mol. The van der Waals surface area contributed by atoms with E-state index in [1.54, 1.807) is 12.4 Å². The number of nitrogens with one attached hydrogen (secondary N) is 1. The molecule has 1 N–H and O–H groups in total. The lowest BCUT2D eigenvalue weighted by molar-refractivity contribution is 0.861. The first-order valence-electron chi connectivity index (χ1n) is 5.97. The normalized spacial score (nSPS) is 10.1. The molecular formula is C13H17N5. The maximum Gasteiger partial charge on any atom is 0.224 e. The summed E-state index contributed by atoms with van der Waals surface area (Å²) in [6, 6.07) is 7.80. The van der Waals surface area contributed by atoms with Gasteiger partial charge in [-0.3, -0.25) is 4.98 Å². The maximum absolute atomic E-state index is 4.43. The molecule has 0 aliphatic heterocycles. The van der Waals surface area contributed by atoms with Gasteiger partial charge in [0.1, 0.15) is 5.82 Å². The molecule has 0 aliphatic rings. The molecule has 0 fully saturated rings. The van der Waals surface area contributed by atoms with Crippen molar-refractivity contribution in [2.45, 2.75) is 13.5 Å². The number of rotatable bonds is 5. The molecular weight excluding hydrogens is 226 g/mol. The summed E-state index contributed by atoms with van der Waals surface area (Å²) < 4.78 is 0. The first-order valence-corrected chi connectivity index (χ1v) is 5.97. The molecule has 2 aromatic heterocycles. The molecule has 0 bridgehead atoms. The number of pyridine rings is 1. The molecule has 0 radical (unpaired) electrons. The van der Waals surface area contributed by atoms with Crippen LogP contribution in [-0.2, 0) is 6.54 Å². The van der Waals surface area contributed by atoms with Crippen LogP contribution in [0.4, 0.5) is 11.8 Å². The molecule has 0 unspecified atom stereocenters. The number of aromatic nitrogens is 3. The van der Waals surface area contributed by atoms with Gasteiger partial charge >= 0.3 is 0 Å². The van der Waals surface area contributed by atoms with E-state index in [1.165, 1.54) is 0 Å². The summed E-state index contributed by atoms with van der Waals surface area (Å²) in [5.41, 5.74) is 1.02. The molecule has 0 saturated carbocycles.